The van der Waals surface area contributed by atoms with Crippen LogP contribution in [0.5, 0.6) is 0 Å². The zero-order valence-corrected chi connectivity index (χ0v) is 11.8. The summed E-state index contributed by atoms with van der Waals surface area (Å²) in [6.45, 7) is 1.81. The summed E-state index contributed by atoms with van der Waals surface area (Å²) in [5.74, 6) is 0.0837. The van der Waals surface area contributed by atoms with Gasteiger partial charge in [-0.1, -0.05) is 12.8 Å². The van der Waals surface area contributed by atoms with Gasteiger partial charge in [-0.25, -0.2) is 4.79 Å². The highest BCUT2D eigenvalue weighted by Gasteiger charge is 2.52. The van der Waals surface area contributed by atoms with Crippen LogP contribution in [-0.4, -0.2) is 40.9 Å². The molecule has 0 aromatic heterocycles. The SMILES string of the molecule is C[C@@H](NC(=O)CN1C(=O)NC2(CCCC2)C1=O)C1CC1. The zero-order valence-electron chi connectivity index (χ0n) is 11.8. The minimum atomic E-state index is -0.723. The van der Waals surface area contributed by atoms with Crippen molar-refractivity contribution in [2.75, 3.05) is 6.54 Å². The lowest BCUT2D eigenvalue weighted by Crippen LogP contribution is -2.46. The van der Waals surface area contributed by atoms with E-state index in [4.69, 9.17) is 0 Å². The van der Waals surface area contributed by atoms with Crippen LogP contribution in [0.2, 0.25) is 0 Å². The number of hydrogen-bond acceptors (Lipinski definition) is 3. The molecule has 20 heavy (non-hydrogen) atoms. The molecule has 0 bridgehead atoms. The van der Waals surface area contributed by atoms with Gasteiger partial charge in [-0.05, 0) is 38.5 Å². The second-order valence-corrected chi connectivity index (χ2v) is 6.30. The third kappa shape index (κ3) is 2.27. The maximum atomic E-state index is 12.4. The summed E-state index contributed by atoms with van der Waals surface area (Å²) in [5.41, 5.74) is -0.723. The standard InChI is InChI=1S/C14H21N3O3/c1-9(10-4-5-10)15-11(18)8-17-12(19)14(16-13(17)20)6-2-3-7-14/h9-10H,2-8H2,1H3,(H,15,18)(H,16,20)/t9-/m1/s1. The van der Waals surface area contributed by atoms with Gasteiger partial charge in [0.2, 0.25) is 5.91 Å². The van der Waals surface area contributed by atoms with E-state index < -0.39 is 11.6 Å². The Morgan fingerprint density at radius 2 is 2.05 bits per heavy atom. The molecule has 1 saturated heterocycles. The van der Waals surface area contributed by atoms with Crippen LogP contribution in [0.15, 0.2) is 0 Å². The largest absolute Gasteiger partial charge is 0.352 e. The Morgan fingerprint density at radius 1 is 1.40 bits per heavy atom. The Kier molecular flexibility index (Phi) is 3.18. The molecule has 110 valence electrons. The molecule has 3 fully saturated rings. The fourth-order valence-electron chi connectivity index (χ4n) is 3.29. The normalized spacial score (nSPS) is 25.9. The summed E-state index contributed by atoms with van der Waals surface area (Å²) >= 11 is 0. The number of carbonyl (C=O) groups excluding carboxylic acids is 3. The molecule has 2 aliphatic carbocycles. The molecule has 2 N–H and O–H groups in total. The van der Waals surface area contributed by atoms with Crippen molar-refractivity contribution < 1.29 is 14.4 Å². The summed E-state index contributed by atoms with van der Waals surface area (Å²) in [5, 5.41) is 5.66. The van der Waals surface area contributed by atoms with Crippen molar-refractivity contribution in [2.24, 2.45) is 5.92 Å². The molecule has 6 nitrogen and oxygen atoms in total. The van der Waals surface area contributed by atoms with Crippen molar-refractivity contribution in [2.45, 2.75) is 57.0 Å². The zero-order chi connectivity index (χ0) is 14.3. The van der Waals surface area contributed by atoms with Gasteiger partial charge in [0, 0.05) is 6.04 Å². The van der Waals surface area contributed by atoms with Crippen LogP contribution in [0, 0.1) is 5.92 Å². The Hall–Kier alpha value is -1.59. The van der Waals surface area contributed by atoms with E-state index in [9.17, 15) is 14.4 Å². The number of nitrogens with zero attached hydrogens (tertiary/aromatic N) is 1. The Labute approximate surface area is 118 Å². The molecule has 6 heteroatoms. The lowest BCUT2D eigenvalue weighted by Gasteiger charge is -2.20. The first kappa shape index (κ1) is 13.4. The fourth-order valence-corrected chi connectivity index (χ4v) is 3.29. The van der Waals surface area contributed by atoms with Gasteiger partial charge < -0.3 is 10.6 Å². The molecule has 1 atom stereocenters. The topological polar surface area (TPSA) is 78.5 Å². The lowest BCUT2D eigenvalue weighted by molar-refractivity contribution is -0.135. The van der Waals surface area contributed by atoms with E-state index in [0.717, 1.165) is 30.6 Å². The Morgan fingerprint density at radius 3 is 2.65 bits per heavy atom. The second kappa shape index (κ2) is 4.75. The van der Waals surface area contributed by atoms with Gasteiger partial charge in [0.15, 0.2) is 0 Å². The van der Waals surface area contributed by atoms with E-state index in [1.54, 1.807) is 0 Å². The fraction of sp³-hybridized carbons (Fsp3) is 0.786. The number of amides is 4. The number of carbonyl (C=O) groups is 3. The summed E-state index contributed by atoms with van der Waals surface area (Å²) in [7, 11) is 0. The first-order valence-electron chi connectivity index (χ1n) is 7.45. The molecule has 0 aromatic rings. The Bertz CT molecular complexity index is 453. The minimum absolute atomic E-state index is 0.128. The van der Waals surface area contributed by atoms with Crippen LogP contribution in [-0.2, 0) is 9.59 Å². The van der Waals surface area contributed by atoms with Gasteiger partial charge in [0.05, 0.1) is 0 Å². The van der Waals surface area contributed by atoms with E-state index in [2.05, 4.69) is 10.6 Å². The number of nitrogens with one attached hydrogen (secondary N) is 2. The number of hydrogen-bond donors (Lipinski definition) is 2. The average Bonchev–Trinajstić information content (AvgIpc) is 3.11. The molecule has 4 amide bonds. The molecule has 0 aromatic carbocycles. The lowest BCUT2D eigenvalue weighted by atomic mass is 9.98. The van der Waals surface area contributed by atoms with Gasteiger partial charge in [-0.15, -0.1) is 0 Å². The number of imide groups is 1. The average molecular weight is 279 g/mol. The maximum Gasteiger partial charge on any atom is 0.325 e. The van der Waals surface area contributed by atoms with Crippen molar-refractivity contribution in [3.63, 3.8) is 0 Å². The second-order valence-electron chi connectivity index (χ2n) is 6.30. The van der Waals surface area contributed by atoms with Crippen molar-refractivity contribution in [3.8, 4) is 0 Å². The van der Waals surface area contributed by atoms with Crippen molar-refractivity contribution in [1.82, 2.24) is 15.5 Å². The van der Waals surface area contributed by atoms with Gasteiger partial charge in [-0.2, -0.15) is 0 Å². The van der Waals surface area contributed by atoms with Crippen molar-refractivity contribution in [3.05, 3.63) is 0 Å². The van der Waals surface area contributed by atoms with E-state index in [0.29, 0.717) is 18.8 Å². The van der Waals surface area contributed by atoms with Gasteiger partial charge in [0.25, 0.3) is 5.91 Å². The van der Waals surface area contributed by atoms with Gasteiger partial charge in [-0.3, -0.25) is 14.5 Å². The van der Waals surface area contributed by atoms with Crippen molar-refractivity contribution in [1.29, 1.82) is 0 Å². The first-order valence-corrected chi connectivity index (χ1v) is 7.45. The molecule has 3 rings (SSSR count). The molecular formula is C14H21N3O3. The van der Waals surface area contributed by atoms with E-state index >= 15 is 0 Å². The molecule has 2 saturated carbocycles. The van der Waals surface area contributed by atoms with Crippen LogP contribution < -0.4 is 10.6 Å². The maximum absolute atomic E-state index is 12.4. The first-order chi connectivity index (χ1) is 9.52. The van der Waals surface area contributed by atoms with Crippen LogP contribution in [0.3, 0.4) is 0 Å². The minimum Gasteiger partial charge on any atom is -0.352 e. The number of urea groups is 1. The quantitative estimate of drug-likeness (QED) is 0.746. The third-order valence-corrected chi connectivity index (χ3v) is 4.72. The highest BCUT2D eigenvalue weighted by molar-refractivity contribution is 6.09. The molecule has 3 aliphatic rings. The summed E-state index contributed by atoms with van der Waals surface area (Å²) in [4.78, 5) is 37.3. The Balaban J connectivity index is 1.60. The molecular weight excluding hydrogens is 258 g/mol. The van der Waals surface area contributed by atoms with Crippen LogP contribution in [0.4, 0.5) is 4.79 Å². The van der Waals surface area contributed by atoms with Gasteiger partial charge >= 0.3 is 6.03 Å². The molecule has 0 radical (unpaired) electrons. The summed E-state index contributed by atoms with van der Waals surface area (Å²) in [6.07, 6.45) is 5.57. The predicted molar refractivity (Wildman–Crippen MR) is 71.8 cm³/mol. The van der Waals surface area contributed by atoms with Crippen LogP contribution in [0.1, 0.15) is 45.4 Å². The van der Waals surface area contributed by atoms with Gasteiger partial charge in [0.1, 0.15) is 12.1 Å². The highest BCUT2D eigenvalue weighted by atomic mass is 16.2. The highest BCUT2D eigenvalue weighted by Crippen LogP contribution is 2.35. The van der Waals surface area contributed by atoms with Crippen molar-refractivity contribution >= 4 is 17.8 Å². The molecule has 0 unspecified atom stereocenters. The van der Waals surface area contributed by atoms with E-state index in [1.165, 1.54) is 0 Å². The van der Waals surface area contributed by atoms with E-state index in [1.807, 2.05) is 6.92 Å². The summed E-state index contributed by atoms with van der Waals surface area (Å²) < 4.78 is 0. The summed E-state index contributed by atoms with van der Waals surface area (Å²) in [6, 6.07) is -0.296. The number of rotatable bonds is 4. The molecule has 1 heterocycles. The predicted octanol–water partition coefficient (Wildman–Crippen LogP) is 0.766. The molecule has 1 spiro atoms. The van der Waals surface area contributed by atoms with Crippen LogP contribution in [0.25, 0.3) is 0 Å². The van der Waals surface area contributed by atoms with E-state index in [-0.39, 0.29) is 24.4 Å². The van der Waals surface area contributed by atoms with Crippen LogP contribution >= 0.6 is 0 Å². The monoisotopic (exact) mass is 279 g/mol. The molecule has 1 aliphatic heterocycles. The smallest absolute Gasteiger partial charge is 0.325 e. The third-order valence-electron chi connectivity index (χ3n) is 4.72.